The summed E-state index contributed by atoms with van der Waals surface area (Å²) in [5.74, 6) is 0.531. The molecule has 1 atom stereocenters. The van der Waals surface area contributed by atoms with E-state index in [4.69, 9.17) is 8.92 Å². The van der Waals surface area contributed by atoms with Gasteiger partial charge in [-0.25, -0.2) is 0 Å². The molecule has 6 nitrogen and oxygen atoms in total. The van der Waals surface area contributed by atoms with Crippen molar-refractivity contribution >= 4 is 16.0 Å². The maximum atomic E-state index is 12.8. The van der Waals surface area contributed by atoms with Crippen LogP contribution in [0.3, 0.4) is 0 Å². The fourth-order valence-corrected chi connectivity index (χ4v) is 2.97. The Morgan fingerprint density at radius 1 is 1.23 bits per heavy atom. The van der Waals surface area contributed by atoms with Crippen molar-refractivity contribution in [1.29, 1.82) is 0 Å². The lowest BCUT2D eigenvalue weighted by atomic mass is 9.91. The number of amides is 1. The number of rotatable bonds is 8. The number of hydrogen-bond donors (Lipinski definition) is 0. The normalized spacial score (nSPS) is 13.2. The highest BCUT2D eigenvalue weighted by atomic mass is 32.2. The summed E-state index contributed by atoms with van der Waals surface area (Å²) in [4.78, 5) is 14.6. The fraction of sp³-hybridized carbons (Fsp3) is 0.632. The quantitative estimate of drug-likeness (QED) is 0.639. The second kappa shape index (κ2) is 8.75. The van der Waals surface area contributed by atoms with E-state index in [0.29, 0.717) is 18.7 Å². The van der Waals surface area contributed by atoms with E-state index in [0.717, 1.165) is 18.2 Å². The Morgan fingerprint density at radius 2 is 1.85 bits per heavy atom. The van der Waals surface area contributed by atoms with E-state index in [9.17, 15) is 13.2 Å². The van der Waals surface area contributed by atoms with Gasteiger partial charge in [-0.2, -0.15) is 8.42 Å². The molecule has 1 amide bonds. The SMILES string of the molecule is CCC(C)N(Cc1ccc(OC)c(OS(C)(=O)=O)c1)C(=O)CC(C)(C)C. The number of ether oxygens (including phenoxy) is 1. The summed E-state index contributed by atoms with van der Waals surface area (Å²) in [6, 6.07) is 5.15. The van der Waals surface area contributed by atoms with Gasteiger partial charge in [-0.1, -0.05) is 33.8 Å². The molecule has 0 aliphatic carbocycles. The van der Waals surface area contributed by atoms with Gasteiger partial charge >= 0.3 is 10.1 Å². The zero-order valence-electron chi connectivity index (χ0n) is 16.8. The average molecular weight is 386 g/mol. The van der Waals surface area contributed by atoms with Crippen LogP contribution < -0.4 is 8.92 Å². The van der Waals surface area contributed by atoms with Crippen molar-refractivity contribution in [3.8, 4) is 11.5 Å². The first-order valence-electron chi connectivity index (χ1n) is 8.72. The molecule has 0 radical (unpaired) electrons. The van der Waals surface area contributed by atoms with Crippen LogP contribution in [0.25, 0.3) is 0 Å². The highest BCUT2D eigenvalue weighted by molar-refractivity contribution is 7.86. The van der Waals surface area contributed by atoms with Crippen molar-refractivity contribution < 1.29 is 22.1 Å². The van der Waals surface area contributed by atoms with Crippen molar-refractivity contribution in [2.45, 2.75) is 60.0 Å². The van der Waals surface area contributed by atoms with Crippen LogP contribution in [-0.4, -0.2) is 38.6 Å². The van der Waals surface area contributed by atoms with Gasteiger partial charge in [-0.05, 0) is 36.5 Å². The minimum atomic E-state index is -3.68. The molecule has 0 fully saturated rings. The molecule has 0 N–H and O–H groups in total. The van der Waals surface area contributed by atoms with E-state index in [2.05, 4.69) is 0 Å². The summed E-state index contributed by atoms with van der Waals surface area (Å²) in [6.45, 7) is 10.5. The average Bonchev–Trinajstić information content (AvgIpc) is 2.48. The Balaban J connectivity index is 3.14. The summed E-state index contributed by atoms with van der Waals surface area (Å²) in [7, 11) is -2.23. The van der Waals surface area contributed by atoms with Gasteiger partial charge in [0, 0.05) is 19.0 Å². The third-order valence-electron chi connectivity index (χ3n) is 3.95. The van der Waals surface area contributed by atoms with Gasteiger partial charge in [0.05, 0.1) is 13.4 Å². The summed E-state index contributed by atoms with van der Waals surface area (Å²) < 4.78 is 33.1. The van der Waals surface area contributed by atoms with Crippen LogP contribution in [-0.2, 0) is 21.5 Å². The first-order chi connectivity index (χ1) is 11.9. The van der Waals surface area contributed by atoms with Crippen LogP contribution in [0, 0.1) is 5.41 Å². The lowest BCUT2D eigenvalue weighted by molar-refractivity contribution is -0.135. The van der Waals surface area contributed by atoms with Crippen LogP contribution in [0.15, 0.2) is 18.2 Å². The van der Waals surface area contributed by atoms with Crippen molar-refractivity contribution in [3.05, 3.63) is 23.8 Å². The molecule has 1 aromatic rings. The highest BCUT2D eigenvalue weighted by Crippen LogP contribution is 2.30. The van der Waals surface area contributed by atoms with E-state index in [1.54, 1.807) is 12.1 Å². The molecular weight excluding hydrogens is 354 g/mol. The van der Waals surface area contributed by atoms with Crippen molar-refractivity contribution in [1.82, 2.24) is 4.90 Å². The van der Waals surface area contributed by atoms with Crippen LogP contribution in [0.4, 0.5) is 0 Å². The molecule has 0 aromatic heterocycles. The minimum absolute atomic E-state index is 0.0752. The molecule has 0 spiro atoms. The Hall–Kier alpha value is -1.76. The maximum absolute atomic E-state index is 12.8. The van der Waals surface area contributed by atoms with E-state index in [-0.39, 0.29) is 23.1 Å². The molecule has 0 saturated carbocycles. The minimum Gasteiger partial charge on any atom is -0.493 e. The zero-order chi connectivity index (χ0) is 20.1. The van der Waals surface area contributed by atoms with Crippen LogP contribution in [0.5, 0.6) is 11.5 Å². The fourth-order valence-electron chi connectivity index (χ4n) is 2.51. The lowest BCUT2D eigenvalue weighted by Crippen LogP contribution is -2.39. The van der Waals surface area contributed by atoms with Gasteiger partial charge in [0.2, 0.25) is 5.91 Å². The highest BCUT2D eigenvalue weighted by Gasteiger charge is 2.25. The summed E-state index contributed by atoms with van der Waals surface area (Å²) >= 11 is 0. The smallest absolute Gasteiger partial charge is 0.306 e. The van der Waals surface area contributed by atoms with Crippen molar-refractivity contribution in [2.75, 3.05) is 13.4 Å². The monoisotopic (exact) mass is 385 g/mol. The summed E-state index contributed by atoms with van der Waals surface area (Å²) in [5.41, 5.74) is 0.680. The second-order valence-corrected chi connectivity index (χ2v) is 9.36. The Morgan fingerprint density at radius 3 is 2.31 bits per heavy atom. The predicted octanol–water partition coefficient (Wildman–Crippen LogP) is 3.60. The molecule has 26 heavy (non-hydrogen) atoms. The number of methoxy groups -OCH3 is 1. The second-order valence-electron chi connectivity index (χ2n) is 7.79. The van der Waals surface area contributed by atoms with Crippen LogP contribution in [0.1, 0.15) is 53.0 Å². The summed E-state index contributed by atoms with van der Waals surface area (Å²) in [5, 5.41) is 0. The third kappa shape index (κ3) is 7.23. The number of hydrogen-bond acceptors (Lipinski definition) is 5. The van der Waals surface area contributed by atoms with Gasteiger partial charge in [0.15, 0.2) is 11.5 Å². The molecule has 1 unspecified atom stereocenters. The maximum Gasteiger partial charge on any atom is 0.306 e. The number of carbonyl (C=O) groups is 1. The van der Waals surface area contributed by atoms with Gasteiger partial charge in [0.25, 0.3) is 0 Å². The number of benzene rings is 1. The van der Waals surface area contributed by atoms with Crippen LogP contribution >= 0.6 is 0 Å². The van der Waals surface area contributed by atoms with E-state index in [1.807, 2.05) is 45.6 Å². The van der Waals surface area contributed by atoms with E-state index >= 15 is 0 Å². The molecule has 0 bridgehead atoms. The molecule has 1 rings (SSSR count). The molecule has 1 aromatic carbocycles. The zero-order valence-corrected chi connectivity index (χ0v) is 17.6. The summed E-state index contributed by atoms with van der Waals surface area (Å²) in [6.07, 6.45) is 2.26. The topological polar surface area (TPSA) is 72.9 Å². The molecule has 148 valence electrons. The van der Waals surface area contributed by atoms with E-state index < -0.39 is 10.1 Å². The Kier molecular flexibility index (Phi) is 7.50. The first-order valence-corrected chi connectivity index (χ1v) is 10.5. The predicted molar refractivity (Wildman–Crippen MR) is 103 cm³/mol. The van der Waals surface area contributed by atoms with Gasteiger partial charge in [0.1, 0.15) is 0 Å². The molecule has 0 aliphatic heterocycles. The first kappa shape index (κ1) is 22.3. The lowest BCUT2D eigenvalue weighted by Gasteiger charge is -2.31. The number of carbonyl (C=O) groups excluding carboxylic acids is 1. The Labute approximate surface area is 157 Å². The van der Waals surface area contributed by atoms with Crippen LogP contribution in [0.2, 0.25) is 0 Å². The van der Waals surface area contributed by atoms with Gasteiger partial charge < -0.3 is 13.8 Å². The molecular formula is C19H31NO5S. The van der Waals surface area contributed by atoms with Gasteiger partial charge in [-0.3, -0.25) is 4.79 Å². The largest absolute Gasteiger partial charge is 0.493 e. The van der Waals surface area contributed by atoms with Gasteiger partial charge in [-0.15, -0.1) is 0 Å². The molecule has 7 heteroatoms. The van der Waals surface area contributed by atoms with Crippen molar-refractivity contribution in [3.63, 3.8) is 0 Å². The molecule has 0 saturated heterocycles. The van der Waals surface area contributed by atoms with E-state index in [1.165, 1.54) is 7.11 Å². The number of nitrogens with zero attached hydrogens (tertiary/aromatic N) is 1. The Bertz CT molecular complexity index is 722. The van der Waals surface area contributed by atoms with Crippen molar-refractivity contribution in [2.24, 2.45) is 5.41 Å². The molecule has 0 aliphatic rings. The third-order valence-corrected chi connectivity index (χ3v) is 4.43. The molecule has 0 heterocycles. The standard InChI is InChI=1S/C19H31NO5S/c1-8-14(2)20(18(21)12-19(3,4)5)13-15-9-10-16(24-6)17(11-15)25-26(7,22)23/h9-11,14H,8,12-13H2,1-7H3.